The van der Waals surface area contributed by atoms with Crippen LogP contribution in [0.25, 0.3) is 0 Å². The number of sulfonamides is 1. The van der Waals surface area contributed by atoms with Gasteiger partial charge in [-0.25, -0.2) is 8.42 Å². The Bertz CT molecular complexity index is 1140. The summed E-state index contributed by atoms with van der Waals surface area (Å²) >= 11 is 1.17. The van der Waals surface area contributed by atoms with Crippen LogP contribution in [-0.4, -0.2) is 49.9 Å². The summed E-state index contributed by atoms with van der Waals surface area (Å²) in [6.07, 6.45) is 3.45. The number of benzene rings is 1. The van der Waals surface area contributed by atoms with Crippen molar-refractivity contribution in [2.45, 2.75) is 17.4 Å². The summed E-state index contributed by atoms with van der Waals surface area (Å²) in [6, 6.07) is 14.0. The van der Waals surface area contributed by atoms with Crippen LogP contribution in [0.15, 0.2) is 65.1 Å². The first-order valence-corrected chi connectivity index (χ1v) is 12.3. The molecule has 10 heteroatoms. The normalized spacial score (nSPS) is 14.8. The molecule has 1 aliphatic heterocycles. The maximum atomic E-state index is 12.7. The lowest BCUT2D eigenvalue weighted by atomic mass is 10.2. The summed E-state index contributed by atoms with van der Waals surface area (Å²) in [7, 11) is -3.52. The SMILES string of the molecule is O=C(NCc1ccc(S(=O)(=O)N2CCOCC2)s1)c1ccc(OCc2cccnc2)cc1. The summed E-state index contributed by atoms with van der Waals surface area (Å²) in [5.41, 5.74) is 1.46. The van der Waals surface area contributed by atoms with Gasteiger partial charge in [0.25, 0.3) is 15.9 Å². The van der Waals surface area contributed by atoms with Crippen molar-refractivity contribution in [1.29, 1.82) is 0 Å². The van der Waals surface area contributed by atoms with Crippen molar-refractivity contribution >= 4 is 27.3 Å². The second-order valence-electron chi connectivity index (χ2n) is 7.09. The standard InChI is InChI=1S/C22H23N3O5S2/c26-22(18-3-5-19(6-4-18)30-16-17-2-1-9-23-14-17)24-15-20-7-8-21(31-20)32(27,28)25-10-12-29-13-11-25/h1-9,14H,10-13,15-16H2,(H,24,26). The van der Waals surface area contributed by atoms with Crippen LogP contribution in [-0.2, 0) is 27.9 Å². The quantitative estimate of drug-likeness (QED) is 0.540. The van der Waals surface area contributed by atoms with Crippen LogP contribution >= 0.6 is 11.3 Å². The minimum Gasteiger partial charge on any atom is -0.489 e. The molecule has 1 saturated heterocycles. The van der Waals surface area contributed by atoms with Gasteiger partial charge in [0.2, 0.25) is 0 Å². The van der Waals surface area contributed by atoms with Gasteiger partial charge in [0.1, 0.15) is 16.6 Å². The molecule has 32 heavy (non-hydrogen) atoms. The first-order valence-electron chi connectivity index (χ1n) is 10.1. The fourth-order valence-corrected chi connectivity index (χ4v) is 5.99. The van der Waals surface area contributed by atoms with Crippen molar-refractivity contribution in [3.05, 3.63) is 76.9 Å². The molecule has 0 bridgehead atoms. The fourth-order valence-electron chi connectivity index (χ4n) is 3.13. The summed E-state index contributed by atoms with van der Waals surface area (Å²) < 4.78 is 38.1. The smallest absolute Gasteiger partial charge is 0.252 e. The molecule has 1 amide bonds. The lowest BCUT2D eigenvalue weighted by Gasteiger charge is -2.25. The molecule has 1 aliphatic rings. The number of carbonyl (C=O) groups excluding carboxylic acids is 1. The molecule has 2 aromatic heterocycles. The average Bonchev–Trinajstić information content (AvgIpc) is 3.33. The molecule has 0 unspecified atom stereocenters. The van der Waals surface area contributed by atoms with Gasteiger partial charge in [-0.15, -0.1) is 11.3 Å². The Balaban J connectivity index is 1.30. The lowest BCUT2D eigenvalue weighted by molar-refractivity contribution is 0.0731. The van der Waals surface area contributed by atoms with E-state index in [9.17, 15) is 13.2 Å². The zero-order chi connectivity index (χ0) is 22.4. The molecule has 0 aliphatic carbocycles. The molecule has 3 aromatic rings. The van der Waals surface area contributed by atoms with Crippen molar-refractivity contribution in [3.8, 4) is 5.75 Å². The van der Waals surface area contributed by atoms with Crippen molar-refractivity contribution in [1.82, 2.24) is 14.6 Å². The number of nitrogens with zero attached hydrogens (tertiary/aromatic N) is 2. The minimum absolute atomic E-state index is 0.241. The van der Waals surface area contributed by atoms with Crippen LogP contribution in [0.1, 0.15) is 20.8 Å². The maximum Gasteiger partial charge on any atom is 0.252 e. The molecule has 0 radical (unpaired) electrons. The molecule has 1 fully saturated rings. The van der Waals surface area contributed by atoms with Crippen molar-refractivity contribution < 1.29 is 22.7 Å². The number of amides is 1. The zero-order valence-corrected chi connectivity index (χ0v) is 18.9. The zero-order valence-electron chi connectivity index (χ0n) is 17.3. The third-order valence-corrected chi connectivity index (χ3v) is 8.32. The van der Waals surface area contributed by atoms with Gasteiger partial charge in [-0.3, -0.25) is 9.78 Å². The van der Waals surface area contributed by atoms with E-state index in [1.807, 2.05) is 12.1 Å². The number of hydrogen-bond donors (Lipinski definition) is 1. The Morgan fingerprint density at radius 2 is 1.91 bits per heavy atom. The first kappa shape index (κ1) is 22.4. The molecule has 1 N–H and O–H groups in total. The number of pyridine rings is 1. The Labute approximate surface area is 190 Å². The van der Waals surface area contributed by atoms with Gasteiger partial charge in [-0.2, -0.15) is 4.31 Å². The van der Waals surface area contributed by atoms with E-state index in [0.717, 1.165) is 10.4 Å². The molecular weight excluding hydrogens is 450 g/mol. The van der Waals surface area contributed by atoms with Gasteiger partial charge < -0.3 is 14.8 Å². The highest BCUT2D eigenvalue weighted by atomic mass is 32.2. The topological polar surface area (TPSA) is 97.8 Å². The second kappa shape index (κ2) is 10.2. The molecule has 4 rings (SSSR count). The summed E-state index contributed by atoms with van der Waals surface area (Å²) in [6.45, 7) is 2.17. The van der Waals surface area contributed by atoms with Crippen LogP contribution in [0.3, 0.4) is 0 Å². The van der Waals surface area contributed by atoms with Gasteiger partial charge in [-0.1, -0.05) is 6.07 Å². The van der Waals surface area contributed by atoms with Crippen molar-refractivity contribution in [2.75, 3.05) is 26.3 Å². The number of hydrogen-bond acceptors (Lipinski definition) is 7. The highest BCUT2D eigenvalue weighted by Gasteiger charge is 2.27. The molecule has 0 atom stereocenters. The molecular formula is C22H23N3O5S2. The number of carbonyl (C=O) groups is 1. The monoisotopic (exact) mass is 473 g/mol. The second-order valence-corrected chi connectivity index (χ2v) is 10.4. The maximum absolute atomic E-state index is 12.7. The molecule has 3 heterocycles. The van der Waals surface area contributed by atoms with E-state index >= 15 is 0 Å². The molecule has 0 spiro atoms. The van der Waals surface area contributed by atoms with Gasteiger partial charge in [-0.05, 0) is 42.5 Å². The van der Waals surface area contributed by atoms with Gasteiger partial charge in [0.05, 0.1) is 19.8 Å². The third-order valence-electron chi connectivity index (χ3n) is 4.87. The summed E-state index contributed by atoms with van der Waals surface area (Å²) in [4.78, 5) is 17.3. The highest BCUT2D eigenvalue weighted by molar-refractivity contribution is 7.91. The van der Waals surface area contributed by atoms with Gasteiger partial charge in [0, 0.05) is 41.5 Å². The van der Waals surface area contributed by atoms with E-state index in [1.165, 1.54) is 15.6 Å². The van der Waals surface area contributed by atoms with E-state index in [1.54, 1.807) is 48.8 Å². The van der Waals surface area contributed by atoms with Crippen molar-refractivity contribution in [2.24, 2.45) is 0 Å². The number of rotatable bonds is 8. The van der Waals surface area contributed by atoms with Gasteiger partial charge in [0.15, 0.2) is 0 Å². The number of nitrogens with one attached hydrogen (secondary N) is 1. The number of thiophene rings is 1. The molecule has 0 saturated carbocycles. The van der Waals surface area contributed by atoms with E-state index in [2.05, 4.69) is 10.3 Å². The van der Waals surface area contributed by atoms with E-state index < -0.39 is 10.0 Å². The van der Waals surface area contributed by atoms with E-state index in [-0.39, 0.29) is 16.7 Å². The molecule has 8 nitrogen and oxygen atoms in total. The van der Waals surface area contributed by atoms with Crippen LogP contribution in [0.4, 0.5) is 0 Å². The van der Waals surface area contributed by atoms with Gasteiger partial charge >= 0.3 is 0 Å². The number of aromatic nitrogens is 1. The first-order chi connectivity index (χ1) is 15.5. The highest BCUT2D eigenvalue weighted by Crippen LogP contribution is 2.25. The van der Waals surface area contributed by atoms with Crippen LogP contribution in [0.5, 0.6) is 5.75 Å². The molecule has 168 valence electrons. The lowest BCUT2D eigenvalue weighted by Crippen LogP contribution is -2.40. The number of ether oxygens (including phenoxy) is 2. The van der Waals surface area contributed by atoms with E-state index in [4.69, 9.17) is 9.47 Å². The predicted octanol–water partition coefficient (Wildman–Crippen LogP) is 2.67. The Hall–Kier alpha value is -2.79. The number of morpholine rings is 1. The average molecular weight is 474 g/mol. The third kappa shape index (κ3) is 5.52. The Morgan fingerprint density at radius 1 is 1.12 bits per heavy atom. The minimum atomic E-state index is -3.52. The fraction of sp³-hybridized carbons (Fsp3) is 0.273. The van der Waals surface area contributed by atoms with E-state index in [0.29, 0.717) is 44.2 Å². The largest absolute Gasteiger partial charge is 0.489 e. The molecule has 1 aromatic carbocycles. The summed E-state index contributed by atoms with van der Waals surface area (Å²) in [5.74, 6) is 0.413. The Morgan fingerprint density at radius 3 is 2.62 bits per heavy atom. The predicted molar refractivity (Wildman–Crippen MR) is 120 cm³/mol. The van der Waals surface area contributed by atoms with Crippen LogP contribution in [0, 0.1) is 0 Å². The Kier molecular flexibility index (Phi) is 7.15. The summed E-state index contributed by atoms with van der Waals surface area (Å²) in [5, 5.41) is 2.83. The van der Waals surface area contributed by atoms with Crippen LogP contribution < -0.4 is 10.1 Å². The van der Waals surface area contributed by atoms with Crippen molar-refractivity contribution in [3.63, 3.8) is 0 Å². The van der Waals surface area contributed by atoms with Crippen LogP contribution in [0.2, 0.25) is 0 Å².